The maximum atomic E-state index is 12.0. The van der Waals surface area contributed by atoms with E-state index in [1.807, 2.05) is 0 Å². The minimum Gasteiger partial charge on any atom is -0.508 e. The van der Waals surface area contributed by atoms with Gasteiger partial charge in [-0.3, -0.25) is 9.59 Å². The van der Waals surface area contributed by atoms with E-state index in [0.717, 1.165) is 6.07 Å². The lowest BCUT2D eigenvalue weighted by Crippen LogP contribution is -2.12. The Hall–Kier alpha value is -2.54. The third-order valence-corrected chi connectivity index (χ3v) is 3.47. The van der Waals surface area contributed by atoms with Crippen molar-refractivity contribution in [1.29, 1.82) is 0 Å². The lowest BCUT2D eigenvalue weighted by Gasteiger charge is -2.08. The molecule has 1 aromatic heterocycles. The van der Waals surface area contributed by atoms with Crippen LogP contribution in [-0.4, -0.2) is 32.5 Å². The standard InChI is InChI=1S/C16H18O7/c17-9(7-15(21)22)3-1-2-4-11-8-13(20)16-12(19)5-10(18)6-14(16)23-11/h5-6,8-9,17-19H,1-4,7H2,(H,21,22)/t9-/m0/s1. The van der Waals surface area contributed by atoms with Crippen LogP contribution in [0.1, 0.15) is 31.4 Å². The lowest BCUT2D eigenvalue weighted by atomic mass is 10.1. The molecule has 0 amide bonds. The molecular weight excluding hydrogens is 304 g/mol. The fraction of sp³-hybridized carbons (Fsp3) is 0.375. The third-order valence-electron chi connectivity index (χ3n) is 3.47. The number of aliphatic carboxylic acids is 1. The largest absolute Gasteiger partial charge is 0.508 e. The van der Waals surface area contributed by atoms with E-state index in [1.54, 1.807) is 0 Å². The molecule has 7 nitrogen and oxygen atoms in total. The van der Waals surface area contributed by atoms with E-state index in [2.05, 4.69) is 0 Å². The summed E-state index contributed by atoms with van der Waals surface area (Å²) >= 11 is 0. The Bertz CT molecular complexity index is 763. The number of aromatic hydroxyl groups is 2. The van der Waals surface area contributed by atoms with Gasteiger partial charge in [-0.15, -0.1) is 0 Å². The molecule has 124 valence electrons. The zero-order valence-electron chi connectivity index (χ0n) is 12.4. The molecule has 7 heteroatoms. The predicted molar refractivity (Wildman–Crippen MR) is 81.6 cm³/mol. The molecule has 0 bridgehead atoms. The minimum atomic E-state index is -1.04. The van der Waals surface area contributed by atoms with Gasteiger partial charge in [-0.05, 0) is 12.8 Å². The van der Waals surface area contributed by atoms with Crippen LogP contribution >= 0.6 is 0 Å². The van der Waals surface area contributed by atoms with Crippen molar-refractivity contribution in [2.45, 2.75) is 38.2 Å². The number of fused-ring (bicyclic) bond motifs is 1. The van der Waals surface area contributed by atoms with Gasteiger partial charge in [0.25, 0.3) is 0 Å². The summed E-state index contributed by atoms with van der Waals surface area (Å²) in [6.45, 7) is 0. The number of aryl methyl sites for hydroxylation is 1. The number of hydrogen-bond donors (Lipinski definition) is 4. The quantitative estimate of drug-likeness (QED) is 0.572. The molecule has 0 saturated heterocycles. The SMILES string of the molecule is O=C(O)C[C@@H](O)CCCCc1cc(=O)c2c(O)cc(O)cc2o1. The Morgan fingerprint density at radius 2 is 1.91 bits per heavy atom. The van der Waals surface area contributed by atoms with Gasteiger partial charge < -0.3 is 24.8 Å². The first-order valence-electron chi connectivity index (χ1n) is 7.25. The predicted octanol–water partition coefficient (Wildman–Crippen LogP) is 1.75. The van der Waals surface area contributed by atoms with Gasteiger partial charge in [0.15, 0.2) is 5.43 Å². The molecule has 0 aliphatic carbocycles. The fourth-order valence-electron chi connectivity index (χ4n) is 2.41. The van der Waals surface area contributed by atoms with Crippen LogP contribution in [0.5, 0.6) is 11.5 Å². The van der Waals surface area contributed by atoms with Crippen LogP contribution in [0.3, 0.4) is 0 Å². The zero-order chi connectivity index (χ0) is 17.0. The first-order chi connectivity index (χ1) is 10.9. The number of carboxylic acids is 1. The molecule has 0 aliphatic rings. The van der Waals surface area contributed by atoms with E-state index in [0.29, 0.717) is 31.4 Å². The molecule has 2 rings (SSSR count). The maximum absolute atomic E-state index is 12.0. The minimum absolute atomic E-state index is 0.0171. The molecule has 1 heterocycles. The average Bonchev–Trinajstić information content (AvgIpc) is 2.41. The van der Waals surface area contributed by atoms with Gasteiger partial charge in [-0.2, -0.15) is 0 Å². The number of rotatable bonds is 7. The zero-order valence-corrected chi connectivity index (χ0v) is 12.4. The highest BCUT2D eigenvalue weighted by Crippen LogP contribution is 2.28. The molecule has 0 unspecified atom stereocenters. The number of carbonyl (C=O) groups is 1. The number of aliphatic hydroxyl groups is 1. The molecule has 1 atom stereocenters. The van der Waals surface area contributed by atoms with Crippen LogP contribution in [-0.2, 0) is 11.2 Å². The summed E-state index contributed by atoms with van der Waals surface area (Å²) in [6.07, 6.45) is 0.804. The summed E-state index contributed by atoms with van der Waals surface area (Å²) in [5.41, 5.74) is -0.291. The first-order valence-corrected chi connectivity index (χ1v) is 7.25. The number of phenolic OH excluding ortho intramolecular Hbond substituents is 2. The molecule has 2 aromatic rings. The first kappa shape index (κ1) is 16.8. The van der Waals surface area contributed by atoms with Crippen molar-refractivity contribution in [2.24, 2.45) is 0 Å². The van der Waals surface area contributed by atoms with Crippen LogP contribution < -0.4 is 5.43 Å². The van der Waals surface area contributed by atoms with Crippen molar-refractivity contribution in [3.05, 3.63) is 34.2 Å². The Morgan fingerprint density at radius 1 is 1.17 bits per heavy atom. The molecule has 0 spiro atoms. The second-order valence-electron chi connectivity index (χ2n) is 5.41. The van der Waals surface area contributed by atoms with Gasteiger partial charge in [-0.1, -0.05) is 6.42 Å². The van der Waals surface area contributed by atoms with Crippen LogP contribution in [0.25, 0.3) is 11.0 Å². The van der Waals surface area contributed by atoms with Gasteiger partial charge in [0, 0.05) is 24.6 Å². The number of phenols is 2. The van der Waals surface area contributed by atoms with Gasteiger partial charge >= 0.3 is 5.97 Å². The summed E-state index contributed by atoms with van der Waals surface area (Å²) in [5.74, 6) is -1.18. The normalized spacial score (nSPS) is 12.4. The fourth-order valence-corrected chi connectivity index (χ4v) is 2.41. The lowest BCUT2D eigenvalue weighted by molar-refractivity contribution is -0.139. The highest BCUT2D eigenvalue weighted by Gasteiger charge is 2.12. The van der Waals surface area contributed by atoms with Gasteiger partial charge in [-0.25, -0.2) is 0 Å². The van der Waals surface area contributed by atoms with Crippen molar-refractivity contribution >= 4 is 16.9 Å². The van der Waals surface area contributed by atoms with Crippen molar-refractivity contribution in [3.8, 4) is 11.5 Å². The highest BCUT2D eigenvalue weighted by molar-refractivity contribution is 5.84. The van der Waals surface area contributed by atoms with Crippen molar-refractivity contribution < 1.29 is 29.6 Å². The van der Waals surface area contributed by atoms with Crippen molar-refractivity contribution in [1.82, 2.24) is 0 Å². The van der Waals surface area contributed by atoms with Gasteiger partial charge in [0.05, 0.1) is 12.5 Å². The van der Waals surface area contributed by atoms with E-state index >= 15 is 0 Å². The van der Waals surface area contributed by atoms with Crippen molar-refractivity contribution in [2.75, 3.05) is 0 Å². The number of unbranched alkanes of at least 4 members (excludes halogenated alkanes) is 1. The molecule has 0 aliphatic heterocycles. The molecule has 1 aromatic carbocycles. The van der Waals surface area contributed by atoms with Crippen molar-refractivity contribution in [3.63, 3.8) is 0 Å². The van der Waals surface area contributed by atoms with Crippen LogP contribution in [0.4, 0.5) is 0 Å². The Kier molecular flexibility index (Phi) is 5.23. The molecule has 4 N–H and O–H groups in total. The molecule has 23 heavy (non-hydrogen) atoms. The number of aliphatic hydroxyl groups excluding tert-OH is 1. The third kappa shape index (κ3) is 4.46. The van der Waals surface area contributed by atoms with E-state index in [9.17, 15) is 24.9 Å². The molecular formula is C16H18O7. The summed E-state index contributed by atoms with van der Waals surface area (Å²) in [5, 5.41) is 37.1. The smallest absolute Gasteiger partial charge is 0.305 e. The summed E-state index contributed by atoms with van der Waals surface area (Å²) in [4.78, 5) is 22.4. The maximum Gasteiger partial charge on any atom is 0.305 e. The topological polar surface area (TPSA) is 128 Å². The second-order valence-corrected chi connectivity index (χ2v) is 5.41. The van der Waals surface area contributed by atoms with E-state index in [4.69, 9.17) is 9.52 Å². The number of hydrogen-bond acceptors (Lipinski definition) is 6. The van der Waals surface area contributed by atoms with Crippen LogP contribution in [0.2, 0.25) is 0 Å². The molecule has 0 saturated carbocycles. The summed E-state index contributed by atoms with van der Waals surface area (Å²) < 4.78 is 5.50. The Morgan fingerprint density at radius 3 is 2.61 bits per heavy atom. The Labute approximate surface area is 131 Å². The van der Waals surface area contributed by atoms with Crippen LogP contribution in [0.15, 0.2) is 27.4 Å². The summed E-state index contributed by atoms with van der Waals surface area (Å²) in [7, 11) is 0. The summed E-state index contributed by atoms with van der Waals surface area (Å²) in [6, 6.07) is 3.62. The van der Waals surface area contributed by atoms with Crippen LogP contribution in [0, 0.1) is 0 Å². The second kappa shape index (κ2) is 7.15. The average molecular weight is 322 g/mol. The van der Waals surface area contributed by atoms with E-state index < -0.39 is 17.5 Å². The number of carboxylic acid groups (broad SMARTS) is 1. The number of benzene rings is 1. The van der Waals surface area contributed by atoms with Gasteiger partial charge in [0.2, 0.25) is 0 Å². The monoisotopic (exact) mass is 322 g/mol. The molecule has 0 fully saturated rings. The van der Waals surface area contributed by atoms with Gasteiger partial charge in [0.1, 0.15) is 28.2 Å². The highest BCUT2D eigenvalue weighted by atomic mass is 16.4. The van der Waals surface area contributed by atoms with E-state index in [1.165, 1.54) is 12.1 Å². The molecule has 0 radical (unpaired) electrons. The van der Waals surface area contributed by atoms with E-state index in [-0.39, 0.29) is 28.9 Å². The Balaban J connectivity index is 2.01.